The van der Waals surface area contributed by atoms with Gasteiger partial charge >= 0.3 is 0 Å². The van der Waals surface area contributed by atoms with Gasteiger partial charge in [-0.3, -0.25) is 0 Å². The number of hydrogen-bond acceptors (Lipinski definition) is 2. The quantitative estimate of drug-likeness (QED) is 0.605. The fourth-order valence-corrected chi connectivity index (χ4v) is 0.630. The van der Waals surface area contributed by atoms with Gasteiger partial charge in [0.05, 0.1) is 6.07 Å². The van der Waals surface area contributed by atoms with Gasteiger partial charge in [0, 0.05) is 6.42 Å². The Hall–Kier alpha value is -0.620. The topological polar surface area (TPSA) is 49.8 Å². The maximum Gasteiger partial charge on any atom is 0.104 e. The molecule has 9 heavy (non-hydrogen) atoms. The van der Waals surface area contributed by atoms with E-state index < -0.39 is 11.7 Å². The van der Waals surface area contributed by atoms with Crippen LogP contribution in [0.15, 0.2) is 0 Å². The summed E-state index contributed by atoms with van der Waals surface area (Å²) in [5, 5.41) is 8.30. The Morgan fingerprint density at radius 2 is 2.33 bits per heavy atom. The molecular weight excluding hydrogens is 119 g/mol. The molecule has 0 saturated carbocycles. The molecule has 0 fully saturated rings. The molecule has 0 aromatic rings. The molecule has 2 atom stereocenters. The average molecular weight is 130 g/mol. The minimum absolute atomic E-state index is 0.101. The highest BCUT2D eigenvalue weighted by Gasteiger charge is 2.19. The predicted octanol–water partition coefficient (Wildman–Crippen LogP) is 0.975. The summed E-state index contributed by atoms with van der Waals surface area (Å²) >= 11 is 0. The van der Waals surface area contributed by atoms with Gasteiger partial charge in [-0.2, -0.15) is 5.26 Å². The third kappa shape index (κ3) is 3.92. The Labute approximate surface area is 54.5 Å². The molecule has 0 heterocycles. The van der Waals surface area contributed by atoms with Gasteiger partial charge in [-0.05, 0) is 13.8 Å². The van der Waals surface area contributed by atoms with E-state index in [2.05, 4.69) is 0 Å². The number of alkyl halides is 1. The minimum atomic E-state index is -1.01. The maximum absolute atomic E-state index is 12.2. The fraction of sp³-hybridized carbons (Fsp3) is 0.833. The average Bonchev–Trinajstić information content (AvgIpc) is 1.63. The summed E-state index contributed by atoms with van der Waals surface area (Å²) in [5.41, 5.74) is 4.31. The zero-order valence-electron chi connectivity index (χ0n) is 5.69. The SMILES string of the molecule is CC(F)CC(C)(N)C#N. The molecule has 0 rings (SSSR count). The van der Waals surface area contributed by atoms with Gasteiger partial charge in [0.1, 0.15) is 11.7 Å². The predicted molar refractivity (Wildman–Crippen MR) is 33.4 cm³/mol. The molecule has 2 nitrogen and oxygen atoms in total. The monoisotopic (exact) mass is 130 g/mol. The molecule has 0 saturated heterocycles. The van der Waals surface area contributed by atoms with Crippen molar-refractivity contribution in [3.63, 3.8) is 0 Å². The van der Waals surface area contributed by atoms with Crippen LogP contribution in [0.25, 0.3) is 0 Å². The third-order valence-corrected chi connectivity index (χ3v) is 0.961. The molecule has 0 aliphatic rings. The van der Waals surface area contributed by atoms with Crippen molar-refractivity contribution in [2.75, 3.05) is 0 Å². The largest absolute Gasteiger partial charge is 0.314 e. The number of nitrogens with zero attached hydrogens (tertiary/aromatic N) is 1. The summed E-state index contributed by atoms with van der Waals surface area (Å²) in [6.07, 6.45) is -0.900. The maximum atomic E-state index is 12.2. The van der Waals surface area contributed by atoms with Crippen LogP contribution in [-0.2, 0) is 0 Å². The first-order chi connectivity index (χ1) is 3.98. The van der Waals surface area contributed by atoms with Gasteiger partial charge in [-0.25, -0.2) is 4.39 Å². The molecule has 2 unspecified atom stereocenters. The van der Waals surface area contributed by atoms with Crippen LogP contribution in [-0.4, -0.2) is 11.7 Å². The van der Waals surface area contributed by atoms with Crippen LogP contribution in [0, 0.1) is 11.3 Å². The first-order valence-corrected chi connectivity index (χ1v) is 2.82. The van der Waals surface area contributed by atoms with E-state index in [9.17, 15) is 4.39 Å². The van der Waals surface area contributed by atoms with Gasteiger partial charge in [0.2, 0.25) is 0 Å². The lowest BCUT2D eigenvalue weighted by Crippen LogP contribution is -2.36. The Bertz CT molecular complexity index is 124. The first kappa shape index (κ1) is 8.38. The lowest BCUT2D eigenvalue weighted by Gasteiger charge is -2.14. The molecule has 0 radical (unpaired) electrons. The summed E-state index contributed by atoms with van der Waals surface area (Å²) in [5.74, 6) is 0. The van der Waals surface area contributed by atoms with Crippen LogP contribution in [0.2, 0.25) is 0 Å². The second kappa shape index (κ2) is 2.79. The molecule has 0 aliphatic heterocycles. The molecule has 0 amide bonds. The number of hydrogen-bond donors (Lipinski definition) is 1. The van der Waals surface area contributed by atoms with Crippen molar-refractivity contribution in [2.24, 2.45) is 5.73 Å². The van der Waals surface area contributed by atoms with E-state index in [1.807, 2.05) is 6.07 Å². The van der Waals surface area contributed by atoms with E-state index in [0.29, 0.717) is 0 Å². The normalized spacial score (nSPS) is 19.9. The Morgan fingerprint density at radius 3 is 2.44 bits per heavy atom. The lowest BCUT2D eigenvalue weighted by molar-refractivity contribution is 0.301. The molecule has 0 spiro atoms. The van der Waals surface area contributed by atoms with E-state index in [4.69, 9.17) is 11.0 Å². The second-order valence-corrected chi connectivity index (χ2v) is 2.51. The van der Waals surface area contributed by atoms with Crippen molar-refractivity contribution >= 4 is 0 Å². The van der Waals surface area contributed by atoms with E-state index in [0.717, 1.165) is 0 Å². The van der Waals surface area contributed by atoms with Crippen LogP contribution in [0.4, 0.5) is 4.39 Å². The number of rotatable bonds is 2. The molecule has 0 aliphatic carbocycles. The Balaban J connectivity index is 3.76. The Kier molecular flexibility index (Phi) is 2.60. The van der Waals surface area contributed by atoms with Crippen molar-refractivity contribution in [3.8, 4) is 6.07 Å². The van der Waals surface area contributed by atoms with Crippen LogP contribution in [0.5, 0.6) is 0 Å². The minimum Gasteiger partial charge on any atom is -0.314 e. The van der Waals surface area contributed by atoms with E-state index in [-0.39, 0.29) is 6.42 Å². The Morgan fingerprint density at radius 1 is 1.89 bits per heavy atom. The van der Waals surface area contributed by atoms with Crippen LogP contribution < -0.4 is 5.73 Å². The summed E-state index contributed by atoms with van der Waals surface area (Å²) in [6, 6.07) is 1.81. The smallest absolute Gasteiger partial charge is 0.104 e. The second-order valence-electron chi connectivity index (χ2n) is 2.51. The standard InChI is InChI=1S/C6H11FN2/c1-5(7)3-6(2,9)4-8/h5H,3,9H2,1-2H3. The van der Waals surface area contributed by atoms with Gasteiger partial charge in [-0.15, -0.1) is 0 Å². The van der Waals surface area contributed by atoms with Gasteiger partial charge < -0.3 is 5.73 Å². The van der Waals surface area contributed by atoms with Crippen LogP contribution in [0.3, 0.4) is 0 Å². The summed E-state index contributed by atoms with van der Waals surface area (Å²) in [7, 11) is 0. The molecular formula is C6H11FN2. The number of nitriles is 1. The van der Waals surface area contributed by atoms with E-state index in [1.54, 1.807) is 0 Å². The summed E-state index contributed by atoms with van der Waals surface area (Å²) < 4.78 is 12.2. The highest BCUT2D eigenvalue weighted by molar-refractivity contribution is 5.01. The summed E-state index contributed by atoms with van der Waals surface area (Å²) in [6.45, 7) is 2.91. The van der Waals surface area contributed by atoms with Gasteiger partial charge in [-0.1, -0.05) is 0 Å². The zero-order valence-corrected chi connectivity index (χ0v) is 5.69. The zero-order chi connectivity index (χ0) is 7.49. The fourth-order valence-electron chi connectivity index (χ4n) is 0.630. The van der Waals surface area contributed by atoms with E-state index in [1.165, 1.54) is 13.8 Å². The van der Waals surface area contributed by atoms with Crippen LogP contribution in [0.1, 0.15) is 20.3 Å². The highest BCUT2D eigenvalue weighted by atomic mass is 19.1. The van der Waals surface area contributed by atoms with Crippen molar-refractivity contribution in [1.82, 2.24) is 0 Å². The van der Waals surface area contributed by atoms with Crippen molar-refractivity contribution in [3.05, 3.63) is 0 Å². The molecule has 0 aromatic carbocycles. The van der Waals surface area contributed by atoms with Crippen molar-refractivity contribution < 1.29 is 4.39 Å². The first-order valence-electron chi connectivity index (χ1n) is 2.82. The van der Waals surface area contributed by atoms with Crippen molar-refractivity contribution in [1.29, 1.82) is 5.26 Å². The molecule has 2 N–H and O–H groups in total. The van der Waals surface area contributed by atoms with Crippen molar-refractivity contribution in [2.45, 2.75) is 32.0 Å². The molecule has 0 aromatic heterocycles. The summed E-state index contributed by atoms with van der Waals surface area (Å²) in [4.78, 5) is 0. The lowest BCUT2D eigenvalue weighted by atomic mass is 9.99. The molecule has 0 bridgehead atoms. The van der Waals surface area contributed by atoms with Gasteiger partial charge in [0.25, 0.3) is 0 Å². The highest BCUT2D eigenvalue weighted by Crippen LogP contribution is 2.09. The van der Waals surface area contributed by atoms with Gasteiger partial charge in [0.15, 0.2) is 0 Å². The van der Waals surface area contributed by atoms with E-state index >= 15 is 0 Å². The number of halogens is 1. The third-order valence-electron chi connectivity index (χ3n) is 0.961. The molecule has 3 heteroatoms. The number of nitrogens with two attached hydrogens (primary N) is 1. The molecule has 52 valence electrons. The van der Waals surface area contributed by atoms with Crippen LogP contribution >= 0.6 is 0 Å².